The summed E-state index contributed by atoms with van der Waals surface area (Å²) in [4.78, 5) is 25.7. The van der Waals surface area contributed by atoms with E-state index in [1.807, 2.05) is 17.9 Å². The molecule has 1 aromatic rings. The first-order valence-electron chi connectivity index (χ1n) is 7.76. The topological polar surface area (TPSA) is 87.3 Å². The summed E-state index contributed by atoms with van der Waals surface area (Å²) in [6, 6.07) is 1.96. The van der Waals surface area contributed by atoms with Crippen molar-refractivity contribution in [1.82, 2.24) is 20.4 Å². The van der Waals surface area contributed by atoms with E-state index in [-0.39, 0.29) is 11.8 Å². The van der Waals surface area contributed by atoms with Crippen LogP contribution in [0.3, 0.4) is 0 Å². The second kappa shape index (κ2) is 5.72. The number of hydrogen-bond acceptors (Lipinski definition) is 4. The van der Waals surface area contributed by atoms with Crippen LogP contribution in [-0.4, -0.2) is 51.8 Å². The van der Waals surface area contributed by atoms with E-state index in [0.29, 0.717) is 38.8 Å². The van der Waals surface area contributed by atoms with Crippen molar-refractivity contribution in [3.8, 4) is 0 Å². The van der Waals surface area contributed by atoms with Crippen molar-refractivity contribution in [3.63, 3.8) is 0 Å². The van der Waals surface area contributed by atoms with Gasteiger partial charge in [-0.25, -0.2) is 0 Å². The first-order chi connectivity index (χ1) is 10.5. The van der Waals surface area contributed by atoms with Crippen LogP contribution in [0.15, 0.2) is 6.07 Å². The Labute approximate surface area is 129 Å². The lowest BCUT2D eigenvalue weighted by atomic mass is 10.00. The van der Waals surface area contributed by atoms with Crippen molar-refractivity contribution in [2.24, 2.45) is 0 Å². The van der Waals surface area contributed by atoms with Crippen LogP contribution in [0.25, 0.3) is 0 Å². The van der Waals surface area contributed by atoms with Crippen LogP contribution < -0.4 is 5.32 Å². The zero-order valence-corrected chi connectivity index (χ0v) is 13.0. The standard InChI is InChI=1S/C15H22N4O3/c1-10-9-12(18-17-10)3-4-13(20)19-7-5-15(6-8-19)16-14(21)11(2)22-15/h9,11H,3-8H2,1-2H3,(H,16,21)(H,17,18). The van der Waals surface area contributed by atoms with Crippen LogP contribution in [-0.2, 0) is 20.7 Å². The lowest BCUT2D eigenvalue weighted by molar-refractivity contribution is -0.138. The molecule has 2 aliphatic rings. The third-order valence-electron chi connectivity index (χ3n) is 4.40. The van der Waals surface area contributed by atoms with Gasteiger partial charge in [0.15, 0.2) is 0 Å². The first-order valence-corrected chi connectivity index (χ1v) is 7.76. The molecular weight excluding hydrogens is 284 g/mol. The van der Waals surface area contributed by atoms with E-state index in [4.69, 9.17) is 4.74 Å². The molecule has 22 heavy (non-hydrogen) atoms. The van der Waals surface area contributed by atoms with Crippen LogP contribution in [0.1, 0.15) is 37.6 Å². The minimum absolute atomic E-state index is 0.0614. The smallest absolute Gasteiger partial charge is 0.251 e. The summed E-state index contributed by atoms with van der Waals surface area (Å²) in [6.45, 7) is 4.93. The highest BCUT2D eigenvalue weighted by Gasteiger charge is 2.45. The minimum atomic E-state index is -0.563. The Balaban J connectivity index is 1.49. The Morgan fingerprint density at radius 2 is 2.23 bits per heavy atom. The van der Waals surface area contributed by atoms with E-state index in [2.05, 4.69) is 15.5 Å². The third-order valence-corrected chi connectivity index (χ3v) is 4.40. The largest absolute Gasteiger partial charge is 0.343 e. The number of nitrogens with one attached hydrogen (secondary N) is 2. The number of aryl methyl sites for hydroxylation is 2. The molecular formula is C15H22N4O3. The zero-order valence-electron chi connectivity index (χ0n) is 13.0. The molecule has 3 rings (SSSR count). The second-order valence-electron chi connectivity index (χ2n) is 6.17. The fourth-order valence-corrected chi connectivity index (χ4v) is 3.10. The summed E-state index contributed by atoms with van der Waals surface area (Å²) < 4.78 is 5.75. The Kier molecular flexibility index (Phi) is 3.90. The quantitative estimate of drug-likeness (QED) is 0.851. The van der Waals surface area contributed by atoms with E-state index in [1.165, 1.54) is 0 Å². The molecule has 7 nitrogen and oxygen atoms in total. The molecule has 1 aromatic heterocycles. The maximum atomic E-state index is 12.3. The molecule has 2 aliphatic heterocycles. The maximum absolute atomic E-state index is 12.3. The molecule has 3 heterocycles. The third kappa shape index (κ3) is 2.99. The van der Waals surface area contributed by atoms with Gasteiger partial charge in [0.2, 0.25) is 5.91 Å². The van der Waals surface area contributed by atoms with Gasteiger partial charge < -0.3 is 15.0 Å². The zero-order chi connectivity index (χ0) is 15.7. The number of likely N-dealkylation sites (tertiary alicyclic amines) is 1. The highest BCUT2D eigenvalue weighted by Crippen LogP contribution is 2.29. The molecule has 0 saturated carbocycles. The molecule has 0 aromatic carbocycles. The van der Waals surface area contributed by atoms with Crippen molar-refractivity contribution in [2.45, 2.75) is 51.4 Å². The van der Waals surface area contributed by atoms with Crippen LogP contribution >= 0.6 is 0 Å². The Hall–Kier alpha value is -1.89. The molecule has 120 valence electrons. The number of aromatic amines is 1. The summed E-state index contributed by atoms with van der Waals surface area (Å²) in [5.74, 6) is 0.0709. The number of H-pyrrole nitrogens is 1. The average Bonchev–Trinajstić information content (AvgIpc) is 3.01. The lowest BCUT2D eigenvalue weighted by Crippen LogP contribution is -2.53. The number of hydrogen-bond donors (Lipinski definition) is 2. The minimum Gasteiger partial charge on any atom is -0.343 e. The van der Waals surface area contributed by atoms with Gasteiger partial charge in [-0.15, -0.1) is 0 Å². The number of carbonyl (C=O) groups is 2. The van der Waals surface area contributed by atoms with E-state index in [9.17, 15) is 9.59 Å². The van der Waals surface area contributed by atoms with Crippen LogP contribution in [0.2, 0.25) is 0 Å². The predicted molar refractivity (Wildman–Crippen MR) is 78.9 cm³/mol. The van der Waals surface area contributed by atoms with E-state index >= 15 is 0 Å². The van der Waals surface area contributed by atoms with Crippen LogP contribution in [0.5, 0.6) is 0 Å². The molecule has 1 spiro atoms. The molecule has 2 amide bonds. The summed E-state index contributed by atoms with van der Waals surface area (Å²) in [6.07, 6.45) is 2.01. The first kappa shape index (κ1) is 15.0. The number of piperidine rings is 1. The van der Waals surface area contributed by atoms with Crippen molar-refractivity contribution in [3.05, 3.63) is 17.5 Å². The maximum Gasteiger partial charge on any atom is 0.251 e. The molecule has 1 unspecified atom stereocenters. The fraction of sp³-hybridized carbons (Fsp3) is 0.667. The van der Waals surface area contributed by atoms with E-state index in [1.54, 1.807) is 6.92 Å². The monoisotopic (exact) mass is 306 g/mol. The number of amides is 2. The summed E-state index contributed by atoms with van der Waals surface area (Å²) in [5.41, 5.74) is 1.36. The summed E-state index contributed by atoms with van der Waals surface area (Å²) in [7, 11) is 0. The van der Waals surface area contributed by atoms with Gasteiger partial charge in [0.25, 0.3) is 5.91 Å². The fourth-order valence-electron chi connectivity index (χ4n) is 3.10. The number of aromatic nitrogens is 2. The van der Waals surface area contributed by atoms with Crippen molar-refractivity contribution in [1.29, 1.82) is 0 Å². The number of ether oxygens (including phenoxy) is 1. The SMILES string of the molecule is Cc1cc(CCC(=O)N2CCC3(CC2)NC(=O)C(C)O3)n[nH]1. The Morgan fingerprint density at radius 3 is 2.77 bits per heavy atom. The van der Waals surface area contributed by atoms with Gasteiger partial charge in [-0.05, 0) is 19.9 Å². The lowest BCUT2D eigenvalue weighted by Gasteiger charge is -2.38. The predicted octanol–water partition coefficient (Wildman–Crippen LogP) is 0.504. The van der Waals surface area contributed by atoms with Gasteiger partial charge in [0, 0.05) is 44.5 Å². The molecule has 0 radical (unpaired) electrons. The van der Waals surface area contributed by atoms with Gasteiger partial charge >= 0.3 is 0 Å². The molecule has 2 N–H and O–H groups in total. The molecule has 0 aliphatic carbocycles. The molecule has 2 saturated heterocycles. The van der Waals surface area contributed by atoms with Crippen molar-refractivity contribution >= 4 is 11.8 Å². The number of rotatable bonds is 3. The second-order valence-corrected chi connectivity index (χ2v) is 6.17. The van der Waals surface area contributed by atoms with E-state index < -0.39 is 11.8 Å². The molecule has 1 atom stereocenters. The number of nitrogens with zero attached hydrogens (tertiary/aromatic N) is 2. The normalized spacial score (nSPS) is 23.8. The van der Waals surface area contributed by atoms with Gasteiger partial charge in [-0.3, -0.25) is 14.7 Å². The van der Waals surface area contributed by atoms with Gasteiger partial charge in [0.1, 0.15) is 11.8 Å². The van der Waals surface area contributed by atoms with Gasteiger partial charge in [0.05, 0.1) is 5.69 Å². The van der Waals surface area contributed by atoms with Crippen LogP contribution in [0.4, 0.5) is 0 Å². The Morgan fingerprint density at radius 1 is 1.50 bits per heavy atom. The van der Waals surface area contributed by atoms with Gasteiger partial charge in [-0.1, -0.05) is 0 Å². The highest BCUT2D eigenvalue weighted by molar-refractivity contribution is 5.83. The van der Waals surface area contributed by atoms with Crippen molar-refractivity contribution < 1.29 is 14.3 Å². The van der Waals surface area contributed by atoms with Crippen molar-refractivity contribution in [2.75, 3.05) is 13.1 Å². The highest BCUT2D eigenvalue weighted by atomic mass is 16.5. The molecule has 7 heteroatoms. The summed E-state index contributed by atoms with van der Waals surface area (Å²) >= 11 is 0. The summed E-state index contributed by atoms with van der Waals surface area (Å²) in [5, 5.41) is 9.95. The Bertz CT molecular complexity index is 575. The van der Waals surface area contributed by atoms with Gasteiger partial charge in [-0.2, -0.15) is 5.10 Å². The van der Waals surface area contributed by atoms with E-state index in [0.717, 1.165) is 11.4 Å². The average molecular weight is 306 g/mol. The molecule has 0 bridgehead atoms. The van der Waals surface area contributed by atoms with Crippen LogP contribution in [0, 0.1) is 6.92 Å². The number of carbonyl (C=O) groups excluding carboxylic acids is 2. The molecule has 2 fully saturated rings.